The highest BCUT2D eigenvalue weighted by Gasteiger charge is 2.28. The highest BCUT2D eigenvalue weighted by Crippen LogP contribution is 2.37. The van der Waals surface area contributed by atoms with Crippen LogP contribution in [0.4, 0.5) is 11.5 Å². The van der Waals surface area contributed by atoms with Crippen LogP contribution in [0.15, 0.2) is 17.2 Å². The van der Waals surface area contributed by atoms with Crippen molar-refractivity contribution in [2.75, 3.05) is 29.5 Å². The van der Waals surface area contributed by atoms with Gasteiger partial charge in [0.1, 0.15) is 5.82 Å². The molecule has 1 atom stereocenters. The van der Waals surface area contributed by atoms with E-state index < -0.39 is 0 Å². The number of fused-ring (bicyclic) bond motifs is 1. The summed E-state index contributed by atoms with van der Waals surface area (Å²) < 4.78 is 3.28. The van der Waals surface area contributed by atoms with E-state index in [0.717, 1.165) is 27.4 Å². The molecule has 0 spiro atoms. The van der Waals surface area contributed by atoms with Crippen LogP contribution in [0, 0.1) is 0 Å². The van der Waals surface area contributed by atoms with Crippen LogP contribution >= 0.6 is 23.7 Å². The summed E-state index contributed by atoms with van der Waals surface area (Å²) in [5, 5.41) is 3.79. The van der Waals surface area contributed by atoms with E-state index in [1.807, 2.05) is 26.4 Å². The van der Waals surface area contributed by atoms with Crippen molar-refractivity contribution < 1.29 is 4.79 Å². The quantitative estimate of drug-likeness (QED) is 0.829. The summed E-state index contributed by atoms with van der Waals surface area (Å²) in [7, 11) is 3.65. The second kappa shape index (κ2) is 5.83. The zero-order chi connectivity index (χ0) is 14.1. The Morgan fingerprint density at radius 1 is 1.50 bits per heavy atom. The lowest BCUT2D eigenvalue weighted by Gasteiger charge is -2.20. The van der Waals surface area contributed by atoms with Gasteiger partial charge in [0.05, 0.1) is 11.7 Å². The van der Waals surface area contributed by atoms with Crippen molar-refractivity contribution in [1.82, 2.24) is 10.3 Å². The summed E-state index contributed by atoms with van der Waals surface area (Å²) in [6.45, 7) is 0. The molecule has 1 aliphatic heterocycles. The number of carbonyl (C=O) groups excluding carboxylic acids is 1. The maximum absolute atomic E-state index is 12.3. The molecule has 2 N–H and O–H groups in total. The molecule has 1 fully saturated rings. The Labute approximate surface area is 127 Å². The predicted octanol–water partition coefficient (Wildman–Crippen LogP) is 1.96. The molecule has 1 saturated carbocycles. The van der Waals surface area contributed by atoms with Gasteiger partial charge in [0.25, 0.3) is 0 Å². The van der Waals surface area contributed by atoms with Gasteiger partial charge >= 0.3 is 0 Å². The van der Waals surface area contributed by atoms with Gasteiger partial charge in [0, 0.05) is 35.2 Å². The molecule has 0 saturated heterocycles. The summed E-state index contributed by atoms with van der Waals surface area (Å²) >= 11 is 3.40. The maximum Gasteiger partial charge on any atom is 0.244 e. The van der Waals surface area contributed by atoms with Gasteiger partial charge in [-0.2, -0.15) is 0 Å². The van der Waals surface area contributed by atoms with Gasteiger partial charge in [0.2, 0.25) is 5.91 Å². The van der Waals surface area contributed by atoms with E-state index in [1.165, 1.54) is 12.8 Å². The van der Waals surface area contributed by atoms with Gasteiger partial charge in [-0.25, -0.2) is 4.98 Å². The molecule has 0 aromatic carbocycles. The maximum atomic E-state index is 12.3. The molecule has 1 aliphatic carbocycles. The Balaban J connectivity index is 1.81. The van der Waals surface area contributed by atoms with E-state index in [0.29, 0.717) is 0 Å². The normalized spacial score (nSPS) is 22.4. The van der Waals surface area contributed by atoms with E-state index in [4.69, 9.17) is 0 Å². The number of rotatable bonds is 4. The van der Waals surface area contributed by atoms with Gasteiger partial charge in [-0.15, -0.1) is 11.8 Å². The Hall–Kier alpha value is -0.920. The summed E-state index contributed by atoms with van der Waals surface area (Å²) in [4.78, 5) is 19.5. The number of amides is 1. The Morgan fingerprint density at radius 2 is 2.30 bits per heavy atom. The fourth-order valence-electron chi connectivity index (χ4n) is 1.99. The van der Waals surface area contributed by atoms with Crippen LogP contribution in [0.2, 0.25) is 0 Å². The molecule has 5 nitrogen and oxygen atoms in total. The minimum absolute atomic E-state index is 0.103. The largest absolute Gasteiger partial charge is 0.314 e. The third-order valence-electron chi connectivity index (χ3n) is 3.45. The number of thioether (sulfide) groups is 1. The number of aromatic nitrogens is 1. The summed E-state index contributed by atoms with van der Waals surface area (Å²) in [5.41, 5.74) is 0.937. The van der Waals surface area contributed by atoms with Crippen LogP contribution in [0.25, 0.3) is 0 Å². The molecule has 2 heterocycles. The number of carbonyl (C=O) groups is 1. The van der Waals surface area contributed by atoms with Gasteiger partial charge in [-0.05, 0) is 31.8 Å². The lowest BCUT2D eigenvalue weighted by atomic mass is 10.2. The first-order valence-corrected chi connectivity index (χ1v) is 8.55. The van der Waals surface area contributed by atoms with Gasteiger partial charge in [-0.1, -0.05) is 0 Å². The van der Waals surface area contributed by atoms with Crippen molar-refractivity contribution in [3.8, 4) is 0 Å². The number of nitrogens with one attached hydrogen (secondary N) is 2. The Morgan fingerprint density at radius 3 is 3.00 bits per heavy atom. The van der Waals surface area contributed by atoms with Gasteiger partial charge in [0.15, 0.2) is 0 Å². The third kappa shape index (κ3) is 2.89. The standard InChI is InChI=1S/C13H18N4OS2/c1-14-9-7-19-11-6-15-12(16-20-8-3-4-8)5-10(11)17(2)13(9)18/h5-6,8-9,14H,3-4,7H2,1-2H3,(H,15,16)/t9-/m0/s1. The number of hydrogen-bond donors (Lipinski definition) is 2. The topological polar surface area (TPSA) is 57.3 Å². The van der Waals surface area contributed by atoms with E-state index in [1.54, 1.807) is 28.6 Å². The molecular formula is C13H18N4OS2. The van der Waals surface area contributed by atoms with E-state index >= 15 is 0 Å². The third-order valence-corrected chi connectivity index (χ3v) is 5.70. The summed E-state index contributed by atoms with van der Waals surface area (Å²) in [5.74, 6) is 1.66. The first-order chi connectivity index (χ1) is 9.69. The van der Waals surface area contributed by atoms with E-state index in [9.17, 15) is 4.79 Å². The highest BCUT2D eigenvalue weighted by atomic mass is 32.2. The van der Waals surface area contributed by atoms with Crippen LogP contribution in [0.3, 0.4) is 0 Å². The first kappa shape index (κ1) is 14.0. The number of nitrogens with zero attached hydrogens (tertiary/aromatic N) is 2. The van der Waals surface area contributed by atoms with Crippen molar-refractivity contribution in [1.29, 1.82) is 0 Å². The summed E-state index contributed by atoms with van der Waals surface area (Å²) in [6, 6.07) is 1.82. The molecule has 20 heavy (non-hydrogen) atoms. The SMILES string of the molecule is CN[C@H]1CSc2cnc(NSC3CC3)cc2N(C)C1=O. The van der Waals surface area contributed by atoms with Crippen LogP contribution < -0.4 is 14.9 Å². The second-order valence-corrected chi connectivity index (χ2v) is 7.17. The molecule has 0 radical (unpaired) electrons. The van der Waals surface area contributed by atoms with E-state index in [2.05, 4.69) is 15.0 Å². The number of anilines is 2. The second-order valence-electron chi connectivity index (χ2n) is 5.01. The fourth-order valence-corrected chi connectivity index (χ4v) is 3.89. The van der Waals surface area contributed by atoms with Crippen molar-refractivity contribution in [2.24, 2.45) is 0 Å². The number of likely N-dealkylation sites (N-methyl/N-ethyl adjacent to an activating group) is 2. The molecule has 0 bridgehead atoms. The van der Waals surface area contributed by atoms with Crippen LogP contribution in [0.5, 0.6) is 0 Å². The molecule has 0 unspecified atom stereocenters. The van der Waals surface area contributed by atoms with Crippen molar-refractivity contribution in [2.45, 2.75) is 29.0 Å². The molecule has 7 heteroatoms. The fraction of sp³-hybridized carbons (Fsp3) is 0.538. The zero-order valence-electron chi connectivity index (χ0n) is 11.5. The lowest BCUT2D eigenvalue weighted by Crippen LogP contribution is -2.44. The number of hydrogen-bond acceptors (Lipinski definition) is 6. The molecule has 2 aliphatic rings. The monoisotopic (exact) mass is 310 g/mol. The van der Waals surface area contributed by atoms with Crippen molar-refractivity contribution >= 4 is 41.1 Å². The average Bonchev–Trinajstić information content (AvgIpc) is 3.29. The molecule has 108 valence electrons. The Bertz CT molecular complexity index is 521. The number of pyridine rings is 1. The minimum atomic E-state index is -0.144. The molecule has 3 rings (SSSR count). The van der Waals surface area contributed by atoms with Crippen LogP contribution in [0.1, 0.15) is 12.8 Å². The highest BCUT2D eigenvalue weighted by molar-refractivity contribution is 8.01. The lowest BCUT2D eigenvalue weighted by molar-refractivity contribution is -0.119. The Kier molecular flexibility index (Phi) is 4.09. The van der Waals surface area contributed by atoms with Crippen LogP contribution in [-0.4, -0.2) is 42.0 Å². The molecule has 1 amide bonds. The van der Waals surface area contributed by atoms with Gasteiger partial charge in [-0.3, -0.25) is 4.79 Å². The minimum Gasteiger partial charge on any atom is -0.314 e. The smallest absolute Gasteiger partial charge is 0.244 e. The summed E-state index contributed by atoms with van der Waals surface area (Å²) in [6.07, 6.45) is 4.42. The first-order valence-electron chi connectivity index (χ1n) is 6.68. The zero-order valence-corrected chi connectivity index (χ0v) is 13.2. The average molecular weight is 310 g/mol. The van der Waals surface area contributed by atoms with Crippen molar-refractivity contribution in [3.63, 3.8) is 0 Å². The van der Waals surface area contributed by atoms with Crippen LogP contribution in [-0.2, 0) is 4.79 Å². The predicted molar refractivity (Wildman–Crippen MR) is 85.5 cm³/mol. The molecular weight excluding hydrogens is 292 g/mol. The molecule has 1 aromatic rings. The van der Waals surface area contributed by atoms with E-state index in [-0.39, 0.29) is 11.9 Å². The van der Waals surface area contributed by atoms with Gasteiger partial charge < -0.3 is 14.9 Å². The molecule has 1 aromatic heterocycles. The van der Waals surface area contributed by atoms with Crippen molar-refractivity contribution in [3.05, 3.63) is 12.3 Å².